The minimum atomic E-state index is -0.651. The largest absolute Gasteiger partial charge is 0.396 e. The molecule has 108 valence electrons. The molecule has 0 aromatic rings. The molecule has 0 aliphatic carbocycles. The summed E-state index contributed by atoms with van der Waals surface area (Å²) in [4.78, 5) is 0. The van der Waals surface area contributed by atoms with Crippen LogP contribution in [0.15, 0.2) is 0 Å². The lowest BCUT2D eigenvalue weighted by molar-refractivity contribution is -0.274. The molecule has 0 radical (unpaired) electrons. The number of hydrogen-bond donors (Lipinski definition) is 2. The Morgan fingerprint density at radius 3 is 2.33 bits per heavy atom. The molecule has 1 rings (SSSR count). The zero-order valence-corrected chi connectivity index (χ0v) is 11.9. The van der Waals surface area contributed by atoms with Crippen LogP contribution in [0.1, 0.15) is 27.7 Å². The van der Waals surface area contributed by atoms with Crippen LogP contribution in [0.25, 0.3) is 0 Å². The number of aliphatic hydroxyl groups excluding tert-OH is 2. The number of methoxy groups -OCH3 is 1. The van der Waals surface area contributed by atoms with Gasteiger partial charge in [-0.25, -0.2) is 0 Å². The summed E-state index contributed by atoms with van der Waals surface area (Å²) in [6.07, 6.45) is -1.47. The van der Waals surface area contributed by atoms with Crippen LogP contribution in [0.2, 0.25) is 0 Å². The molecule has 5 heteroatoms. The van der Waals surface area contributed by atoms with Crippen LogP contribution in [0, 0.1) is 11.8 Å². The van der Waals surface area contributed by atoms with Crippen molar-refractivity contribution in [3.05, 3.63) is 0 Å². The highest BCUT2D eigenvalue weighted by Crippen LogP contribution is 2.31. The molecule has 0 amide bonds. The Kier molecular flexibility index (Phi) is 5.55. The number of rotatable bonds is 4. The summed E-state index contributed by atoms with van der Waals surface area (Å²) in [7, 11) is 1.51. The number of aliphatic hydroxyl groups is 2. The van der Waals surface area contributed by atoms with E-state index in [4.69, 9.17) is 14.2 Å². The van der Waals surface area contributed by atoms with Crippen LogP contribution < -0.4 is 0 Å². The van der Waals surface area contributed by atoms with Gasteiger partial charge in [0.25, 0.3) is 0 Å². The Morgan fingerprint density at radius 1 is 1.28 bits per heavy atom. The molecule has 0 aromatic carbocycles. The van der Waals surface area contributed by atoms with Gasteiger partial charge in [0.15, 0.2) is 6.29 Å². The molecule has 1 saturated heterocycles. The first-order valence-electron chi connectivity index (χ1n) is 6.41. The molecule has 1 fully saturated rings. The van der Waals surface area contributed by atoms with Gasteiger partial charge in [-0.3, -0.25) is 0 Å². The summed E-state index contributed by atoms with van der Waals surface area (Å²) in [6, 6.07) is 0. The van der Waals surface area contributed by atoms with Gasteiger partial charge in [0.1, 0.15) is 0 Å². The highest BCUT2D eigenvalue weighted by molar-refractivity contribution is 4.86. The topological polar surface area (TPSA) is 68.2 Å². The van der Waals surface area contributed by atoms with E-state index in [0.717, 1.165) is 0 Å². The Hall–Kier alpha value is -0.200. The van der Waals surface area contributed by atoms with Crippen LogP contribution in [-0.4, -0.2) is 54.6 Å². The van der Waals surface area contributed by atoms with E-state index in [2.05, 4.69) is 0 Å². The normalized spacial score (nSPS) is 37.8. The van der Waals surface area contributed by atoms with Gasteiger partial charge in [0.05, 0.1) is 36.9 Å². The summed E-state index contributed by atoms with van der Waals surface area (Å²) >= 11 is 0. The van der Waals surface area contributed by atoms with Crippen molar-refractivity contribution in [2.24, 2.45) is 11.8 Å². The van der Waals surface area contributed by atoms with E-state index < -0.39 is 18.3 Å². The SMILES string of the molecule is COC1OC(COC(C)(C)C)C(C)C(O)C1CO. The molecule has 0 aromatic heterocycles. The second kappa shape index (κ2) is 6.30. The lowest BCUT2D eigenvalue weighted by Crippen LogP contribution is -2.53. The number of hydrogen-bond acceptors (Lipinski definition) is 5. The lowest BCUT2D eigenvalue weighted by atomic mass is 9.85. The van der Waals surface area contributed by atoms with Crippen molar-refractivity contribution in [1.29, 1.82) is 0 Å². The lowest BCUT2D eigenvalue weighted by Gasteiger charge is -2.43. The van der Waals surface area contributed by atoms with Crippen LogP contribution in [0.5, 0.6) is 0 Å². The molecule has 1 aliphatic rings. The van der Waals surface area contributed by atoms with Gasteiger partial charge in [-0.1, -0.05) is 6.92 Å². The van der Waals surface area contributed by atoms with Crippen molar-refractivity contribution >= 4 is 0 Å². The Balaban J connectivity index is 2.65. The molecule has 1 aliphatic heterocycles. The van der Waals surface area contributed by atoms with Crippen molar-refractivity contribution in [3.63, 3.8) is 0 Å². The minimum absolute atomic E-state index is 0.101. The van der Waals surface area contributed by atoms with E-state index in [9.17, 15) is 10.2 Å². The van der Waals surface area contributed by atoms with Gasteiger partial charge in [-0.2, -0.15) is 0 Å². The molecule has 1 heterocycles. The summed E-state index contributed by atoms with van der Waals surface area (Å²) in [5.41, 5.74) is -0.246. The van der Waals surface area contributed by atoms with Gasteiger partial charge in [0.2, 0.25) is 0 Å². The molecule has 5 unspecified atom stereocenters. The molecular weight excluding hydrogens is 236 g/mol. The summed E-state index contributed by atoms with van der Waals surface area (Å²) < 4.78 is 16.6. The van der Waals surface area contributed by atoms with Gasteiger partial charge in [0, 0.05) is 13.0 Å². The third kappa shape index (κ3) is 3.90. The highest BCUT2D eigenvalue weighted by atomic mass is 16.7. The van der Waals surface area contributed by atoms with Gasteiger partial charge < -0.3 is 24.4 Å². The molecule has 2 N–H and O–H groups in total. The quantitative estimate of drug-likeness (QED) is 0.783. The van der Waals surface area contributed by atoms with Crippen molar-refractivity contribution in [2.45, 2.75) is 51.8 Å². The average Bonchev–Trinajstić information content (AvgIpc) is 2.29. The molecular formula is C13H26O5. The number of ether oxygens (including phenoxy) is 3. The first-order valence-corrected chi connectivity index (χ1v) is 6.41. The molecule has 5 nitrogen and oxygen atoms in total. The Labute approximate surface area is 109 Å². The van der Waals surface area contributed by atoms with E-state index in [-0.39, 0.29) is 24.2 Å². The maximum absolute atomic E-state index is 10.2. The monoisotopic (exact) mass is 262 g/mol. The predicted octanol–water partition coefficient (Wildman–Crippen LogP) is 0.778. The van der Waals surface area contributed by atoms with E-state index in [1.807, 2.05) is 27.7 Å². The second-order valence-electron chi connectivity index (χ2n) is 5.90. The Morgan fingerprint density at radius 2 is 1.89 bits per heavy atom. The van der Waals surface area contributed by atoms with Crippen LogP contribution >= 0.6 is 0 Å². The van der Waals surface area contributed by atoms with Gasteiger partial charge in [-0.05, 0) is 20.8 Å². The van der Waals surface area contributed by atoms with Gasteiger partial charge >= 0.3 is 0 Å². The highest BCUT2D eigenvalue weighted by Gasteiger charge is 2.43. The zero-order chi connectivity index (χ0) is 13.9. The van der Waals surface area contributed by atoms with E-state index in [0.29, 0.717) is 6.61 Å². The minimum Gasteiger partial charge on any atom is -0.396 e. The fourth-order valence-corrected chi connectivity index (χ4v) is 2.12. The summed E-state index contributed by atoms with van der Waals surface area (Å²) in [6.45, 7) is 8.07. The third-order valence-electron chi connectivity index (χ3n) is 3.35. The van der Waals surface area contributed by atoms with Crippen molar-refractivity contribution in [3.8, 4) is 0 Å². The summed E-state index contributed by atoms with van der Waals surface area (Å²) in [5.74, 6) is -0.508. The first kappa shape index (κ1) is 15.9. The van der Waals surface area contributed by atoms with E-state index in [1.54, 1.807) is 0 Å². The van der Waals surface area contributed by atoms with Crippen molar-refractivity contribution < 1.29 is 24.4 Å². The molecule has 18 heavy (non-hydrogen) atoms. The molecule has 5 atom stereocenters. The summed E-state index contributed by atoms with van der Waals surface area (Å²) in [5, 5.41) is 19.4. The van der Waals surface area contributed by atoms with Crippen LogP contribution in [-0.2, 0) is 14.2 Å². The van der Waals surface area contributed by atoms with Crippen LogP contribution in [0.4, 0.5) is 0 Å². The fraction of sp³-hybridized carbons (Fsp3) is 1.00. The molecule has 0 bridgehead atoms. The van der Waals surface area contributed by atoms with E-state index >= 15 is 0 Å². The maximum atomic E-state index is 10.2. The zero-order valence-electron chi connectivity index (χ0n) is 11.9. The van der Waals surface area contributed by atoms with Crippen molar-refractivity contribution in [2.75, 3.05) is 20.3 Å². The first-order chi connectivity index (χ1) is 8.30. The Bertz CT molecular complexity index is 248. The van der Waals surface area contributed by atoms with Crippen LogP contribution in [0.3, 0.4) is 0 Å². The second-order valence-corrected chi connectivity index (χ2v) is 5.90. The average molecular weight is 262 g/mol. The molecule has 0 saturated carbocycles. The maximum Gasteiger partial charge on any atom is 0.165 e. The predicted molar refractivity (Wildman–Crippen MR) is 67.1 cm³/mol. The smallest absolute Gasteiger partial charge is 0.165 e. The molecule has 0 spiro atoms. The van der Waals surface area contributed by atoms with Crippen molar-refractivity contribution in [1.82, 2.24) is 0 Å². The standard InChI is InChI=1S/C13H26O5/c1-8-10(7-17-13(2,3)4)18-12(16-5)9(6-14)11(8)15/h8-12,14-15H,6-7H2,1-5H3. The fourth-order valence-electron chi connectivity index (χ4n) is 2.12. The third-order valence-corrected chi connectivity index (χ3v) is 3.35. The van der Waals surface area contributed by atoms with Gasteiger partial charge in [-0.15, -0.1) is 0 Å². The van der Waals surface area contributed by atoms with E-state index in [1.165, 1.54) is 7.11 Å².